The average molecular weight is 258 g/mol. The number of thioether (sulfide) groups is 1. The fourth-order valence-corrected chi connectivity index (χ4v) is 4.19. The molecule has 0 aliphatic carbocycles. The largest absolute Gasteiger partial charge is 0.367 e. The summed E-state index contributed by atoms with van der Waals surface area (Å²) >= 11 is 1.99. The van der Waals surface area contributed by atoms with Gasteiger partial charge in [0.1, 0.15) is 0 Å². The monoisotopic (exact) mass is 258 g/mol. The Labute approximate surface area is 110 Å². The van der Waals surface area contributed by atoms with Gasteiger partial charge in [0, 0.05) is 37.5 Å². The SMILES string of the molecule is CSC1CNCC1N1CC(C)(C)OC(C)(C)C1. The van der Waals surface area contributed by atoms with Gasteiger partial charge in [-0.15, -0.1) is 0 Å². The van der Waals surface area contributed by atoms with Crippen LogP contribution >= 0.6 is 11.8 Å². The predicted octanol–water partition coefficient (Wildman–Crippen LogP) is 1.58. The van der Waals surface area contributed by atoms with Crippen LogP contribution in [0.4, 0.5) is 0 Å². The van der Waals surface area contributed by atoms with E-state index in [0.717, 1.165) is 31.4 Å². The number of nitrogens with one attached hydrogen (secondary N) is 1. The van der Waals surface area contributed by atoms with E-state index in [1.165, 1.54) is 0 Å². The summed E-state index contributed by atoms with van der Waals surface area (Å²) in [6.07, 6.45) is 2.22. The highest BCUT2D eigenvalue weighted by atomic mass is 32.2. The summed E-state index contributed by atoms with van der Waals surface area (Å²) < 4.78 is 6.15. The fourth-order valence-electron chi connectivity index (χ4n) is 3.33. The molecule has 0 aromatic carbocycles. The number of nitrogens with zero attached hydrogens (tertiary/aromatic N) is 1. The number of morpholine rings is 1. The zero-order valence-corrected chi connectivity index (χ0v) is 12.6. The Morgan fingerprint density at radius 1 is 1.12 bits per heavy atom. The lowest BCUT2D eigenvalue weighted by Gasteiger charge is -2.49. The van der Waals surface area contributed by atoms with Crippen LogP contribution in [0.1, 0.15) is 27.7 Å². The van der Waals surface area contributed by atoms with Gasteiger partial charge in [-0.25, -0.2) is 0 Å². The summed E-state index contributed by atoms with van der Waals surface area (Å²) in [4.78, 5) is 2.63. The van der Waals surface area contributed by atoms with Gasteiger partial charge in [0.15, 0.2) is 0 Å². The third kappa shape index (κ3) is 3.16. The summed E-state index contributed by atoms with van der Waals surface area (Å²) in [6, 6.07) is 0.660. The molecule has 0 saturated carbocycles. The molecule has 100 valence electrons. The van der Waals surface area contributed by atoms with Crippen molar-refractivity contribution in [3.63, 3.8) is 0 Å². The molecule has 2 atom stereocenters. The van der Waals surface area contributed by atoms with E-state index in [1.54, 1.807) is 0 Å². The van der Waals surface area contributed by atoms with Gasteiger partial charge in [-0.3, -0.25) is 4.90 Å². The Kier molecular flexibility index (Phi) is 3.79. The Morgan fingerprint density at radius 3 is 2.24 bits per heavy atom. The third-order valence-electron chi connectivity index (χ3n) is 3.62. The number of hydrogen-bond acceptors (Lipinski definition) is 4. The van der Waals surface area contributed by atoms with Gasteiger partial charge in [-0.1, -0.05) is 0 Å². The smallest absolute Gasteiger partial charge is 0.0760 e. The first kappa shape index (κ1) is 13.7. The molecule has 2 heterocycles. The zero-order chi connectivity index (χ0) is 12.7. The highest BCUT2D eigenvalue weighted by Crippen LogP contribution is 2.32. The highest BCUT2D eigenvalue weighted by molar-refractivity contribution is 7.99. The quantitative estimate of drug-likeness (QED) is 0.813. The molecule has 2 fully saturated rings. The normalized spacial score (nSPS) is 37.2. The first-order chi connectivity index (χ1) is 7.83. The van der Waals surface area contributed by atoms with Crippen LogP contribution < -0.4 is 5.32 Å². The fraction of sp³-hybridized carbons (Fsp3) is 1.00. The number of rotatable bonds is 2. The van der Waals surface area contributed by atoms with E-state index in [9.17, 15) is 0 Å². The molecule has 0 aromatic rings. The first-order valence-corrected chi connectivity index (χ1v) is 7.79. The number of ether oxygens (including phenoxy) is 1. The lowest BCUT2D eigenvalue weighted by atomic mass is 9.97. The molecule has 0 spiro atoms. The molecule has 2 unspecified atom stereocenters. The van der Waals surface area contributed by atoms with E-state index in [-0.39, 0.29) is 11.2 Å². The van der Waals surface area contributed by atoms with Crippen LogP contribution in [0, 0.1) is 0 Å². The number of hydrogen-bond donors (Lipinski definition) is 1. The van der Waals surface area contributed by atoms with Crippen LogP contribution in [0.2, 0.25) is 0 Å². The lowest BCUT2D eigenvalue weighted by molar-refractivity contribution is -0.186. The molecule has 0 amide bonds. The van der Waals surface area contributed by atoms with Gasteiger partial charge in [0.25, 0.3) is 0 Å². The minimum Gasteiger partial charge on any atom is -0.367 e. The van der Waals surface area contributed by atoms with Gasteiger partial charge >= 0.3 is 0 Å². The molecule has 2 aliphatic rings. The maximum Gasteiger partial charge on any atom is 0.0760 e. The molecule has 4 heteroatoms. The van der Waals surface area contributed by atoms with Crippen LogP contribution in [0.25, 0.3) is 0 Å². The van der Waals surface area contributed by atoms with E-state index in [1.807, 2.05) is 11.8 Å². The van der Waals surface area contributed by atoms with Crippen molar-refractivity contribution in [2.75, 3.05) is 32.4 Å². The van der Waals surface area contributed by atoms with Crippen molar-refractivity contribution >= 4 is 11.8 Å². The first-order valence-electron chi connectivity index (χ1n) is 6.51. The van der Waals surface area contributed by atoms with Crippen molar-refractivity contribution in [3.05, 3.63) is 0 Å². The van der Waals surface area contributed by atoms with Crippen molar-refractivity contribution in [3.8, 4) is 0 Å². The summed E-state index contributed by atoms with van der Waals surface area (Å²) in [6.45, 7) is 13.2. The van der Waals surface area contributed by atoms with Crippen LogP contribution in [-0.2, 0) is 4.74 Å². The van der Waals surface area contributed by atoms with E-state index in [4.69, 9.17) is 4.74 Å². The van der Waals surface area contributed by atoms with Gasteiger partial charge in [-0.05, 0) is 34.0 Å². The van der Waals surface area contributed by atoms with Crippen molar-refractivity contribution in [2.45, 2.75) is 50.2 Å². The molecule has 2 aliphatic heterocycles. The standard InChI is InChI=1S/C13H26N2OS/c1-12(2)8-15(9-13(3,4)16-12)10-6-14-7-11(10)17-5/h10-11,14H,6-9H2,1-5H3. The minimum atomic E-state index is -0.0344. The van der Waals surface area contributed by atoms with E-state index in [0.29, 0.717) is 6.04 Å². The second-order valence-electron chi connectivity index (χ2n) is 6.53. The summed E-state index contributed by atoms with van der Waals surface area (Å²) in [5.41, 5.74) is -0.0689. The van der Waals surface area contributed by atoms with Crippen LogP contribution in [0.5, 0.6) is 0 Å². The van der Waals surface area contributed by atoms with Gasteiger partial charge in [0.05, 0.1) is 11.2 Å². The highest BCUT2D eigenvalue weighted by Gasteiger charge is 2.43. The molecule has 17 heavy (non-hydrogen) atoms. The van der Waals surface area contributed by atoms with E-state index >= 15 is 0 Å². The molecule has 1 N–H and O–H groups in total. The van der Waals surface area contributed by atoms with Crippen LogP contribution in [0.15, 0.2) is 0 Å². The van der Waals surface area contributed by atoms with Crippen LogP contribution in [0.3, 0.4) is 0 Å². The van der Waals surface area contributed by atoms with Crippen LogP contribution in [-0.4, -0.2) is 59.8 Å². The van der Waals surface area contributed by atoms with E-state index in [2.05, 4.69) is 44.2 Å². The molecular weight excluding hydrogens is 232 g/mol. The lowest BCUT2D eigenvalue weighted by Crippen LogP contribution is -2.61. The molecule has 3 nitrogen and oxygen atoms in total. The molecular formula is C13H26N2OS. The molecule has 0 aromatic heterocycles. The third-order valence-corrected chi connectivity index (χ3v) is 4.71. The van der Waals surface area contributed by atoms with E-state index < -0.39 is 0 Å². The van der Waals surface area contributed by atoms with Gasteiger partial charge in [0.2, 0.25) is 0 Å². The molecule has 0 bridgehead atoms. The summed E-state index contributed by atoms with van der Waals surface area (Å²) in [5, 5.41) is 4.24. The average Bonchev–Trinajstić information content (AvgIpc) is 2.59. The molecule has 2 saturated heterocycles. The Bertz CT molecular complexity index is 265. The van der Waals surface area contributed by atoms with Gasteiger partial charge < -0.3 is 10.1 Å². The summed E-state index contributed by atoms with van der Waals surface area (Å²) in [5.74, 6) is 0. The molecule has 0 radical (unpaired) electrons. The summed E-state index contributed by atoms with van der Waals surface area (Å²) in [7, 11) is 0. The second-order valence-corrected chi connectivity index (χ2v) is 7.60. The van der Waals surface area contributed by atoms with Gasteiger partial charge in [-0.2, -0.15) is 11.8 Å². The zero-order valence-electron chi connectivity index (χ0n) is 11.7. The van der Waals surface area contributed by atoms with Crippen molar-refractivity contribution in [1.82, 2.24) is 10.2 Å². The second kappa shape index (κ2) is 4.72. The van der Waals surface area contributed by atoms with Crippen molar-refractivity contribution in [1.29, 1.82) is 0 Å². The Morgan fingerprint density at radius 2 is 1.71 bits per heavy atom. The Balaban J connectivity index is 2.10. The predicted molar refractivity (Wildman–Crippen MR) is 74.8 cm³/mol. The van der Waals surface area contributed by atoms with Crippen molar-refractivity contribution < 1.29 is 4.74 Å². The molecule has 2 rings (SSSR count). The maximum absolute atomic E-state index is 6.15. The topological polar surface area (TPSA) is 24.5 Å². The van der Waals surface area contributed by atoms with Crippen molar-refractivity contribution in [2.24, 2.45) is 0 Å². The maximum atomic E-state index is 6.15. The minimum absolute atomic E-state index is 0.0344. The Hall–Kier alpha value is 0.230.